The summed E-state index contributed by atoms with van der Waals surface area (Å²) >= 11 is 0. The van der Waals surface area contributed by atoms with Crippen molar-refractivity contribution in [2.75, 3.05) is 13.2 Å². The van der Waals surface area contributed by atoms with Crippen LogP contribution in [0, 0.1) is 0 Å². The second kappa shape index (κ2) is 7.14. The number of aliphatic hydroxyl groups excluding tert-OH is 1. The smallest absolute Gasteiger partial charge is 0.261 e. The maximum absolute atomic E-state index is 11.9. The number of nitrogens with one attached hydrogen (secondary N) is 1. The van der Waals surface area contributed by atoms with Crippen molar-refractivity contribution in [3.05, 3.63) is 23.8 Å². The zero-order valence-corrected chi connectivity index (χ0v) is 11.7. The van der Waals surface area contributed by atoms with Crippen LogP contribution in [0.1, 0.15) is 31.7 Å². The van der Waals surface area contributed by atoms with Crippen LogP contribution < -0.4 is 14.8 Å². The van der Waals surface area contributed by atoms with Gasteiger partial charge in [0.25, 0.3) is 5.91 Å². The highest BCUT2D eigenvalue weighted by Crippen LogP contribution is 2.33. The van der Waals surface area contributed by atoms with E-state index in [4.69, 9.17) is 9.47 Å². The molecule has 1 aliphatic heterocycles. The van der Waals surface area contributed by atoms with Crippen LogP contribution in [-0.2, 0) is 11.4 Å². The van der Waals surface area contributed by atoms with E-state index < -0.39 is 6.10 Å². The van der Waals surface area contributed by atoms with Crippen molar-refractivity contribution in [2.45, 2.75) is 38.9 Å². The van der Waals surface area contributed by atoms with E-state index in [1.54, 1.807) is 18.2 Å². The Labute approximate surface area is 118 Å². The van der Waals surface area contributed by atoms with E-state index in [-0.39, 0.29) is 12.5 Å². The first-order valence-electron chi connectivity index (χ1n) is 7.06. The van der Waals surface area contributed by atoms with Crippen molar-refractivity contribution < 1.29 is 19.4 Å². The molecule has 1 aromatic rings. The number of carbonyl (C=O) groups is 1. The molecule has 1 aromatic carbocycles. The number of ether oxygens (including phenoxy) is 2. The molecule has 1 fully saturated rings. The highest BCUT2D eigenvalue weighted by molar-refractivity contribution is 5.81. The molecule has 5 heteroatoms. The van der Waals surface area contributed by atoms with Gasteiger partial charge in [-0.3, -0.25) is 4.79 Å². The molecule has 0 saturated carbocycles. The lowest BCUT2D eigenvalue weighted by molar-refractivity contribution is -0.127. The molecule has 0 aromatic heterocycles. The van der Waals surface area contributed by atoms with Gasteiger partial charge in [0.1, 0.15) is 0 Å². The zero-order chi connectivity index (χ0) is 14.4. The number of hydrogen-bond donors (Lipinski definition) is 2. The molecule has 2 rings (SSSR count). The third kappa shape index (κ3) is 3.42. The lowest BCUT2D eigenvalue weighted by atomic mass is 10.1. The standard InChI is InChI=1S/C15H21NO4/c1-2-19-12-8-5-6-11(10-17)14(12)20-13-7-3-4-9-16-15(13)18/h5-6,8,13,17H,2-4,7,9-10H2,1H3,(H,16,18). The van der Waals surface area contributed by atoms with Gasteiger partial charge in [0.2, 0.25) is 0 Å². The van der Waals surface area contributed by atoms with Crippen molar-refractivity contribution in [3.63, 3.8) is 0 Å². The van der Waals surface area contributed by atoms with Gasteiger partial charge in [-0.2, -0.15) is 0 Å². The summed E-state index contributed by atoms with van der Waals surface area (Å²) in [5.41, 5.74) is 0.632. The second-order valence-electron chi connectivity index (χ2n) is 4.73. The Kier molecular flexibility index (Phi) is 5.24. The number of carbonyl (C=O) groups excluding carboxylic acids is 1. The van der Waals surface area contributed by atoms with E-state index in [0.29, 0.717) is 36.6 Å². The summed E-state index contributed by atoms with van der Waals surface area (Å²) in [5, 5.41) is 12.3. The fourth-order valence-corrected chi connectivity index (χ4v) is 2.25. The number of benzene rings is 1. The second-order valence-corrected chi connectivity index (χ2v) is 4.73. The first-order valence-corrected chi connectivity index (χ1v) is 7.06. The topological polar surface area (TPSA) is 67.8 Å². The molecule has 5 nitrogen and oxygen atoms in total. The SMILES string of the molecule is CCOc1cccc(CO)c1OC1CCCCNC1=O. The first kappa shape index (κ1) is 14.7. The monoisotopic (exact) mass is 279 g/mol. The van der Waals surface area contributed by atoms with Gasteiger partial charge in [0.05, 0.1) is 13.2 Å². The predicted molar refractivity (Wildman–Crippen MR) is 74.8 cm³/mol. The summed E-state index contributed by atoms with van der Waals surface area (Å²) in [7, 11) is 0. The number of hydrogen-bond acceptors (Lipinski definition) is 4. The molecule has 0 bridgehead atoms. The average molecular weight is 279 g/mol. The number of para-hydroxylation sites is 1. The van der Waals surface area contributed by atoms with Crippen LogP contribution >= 0.6 is 0 Å². The van der Waals surface area contributed by atoms with Crippen LogP contribution in [0.2, 0.25) is 0 Å². The highest BCUT2D eigenvalue weighted by Gasteiger charge is 2.24. The van der Waals surface area contributed by atoms with Crippen LogP contribution in [0.3, 0.4) is 0 Å². The summed E-state index contributed by atoms with van der Waals surface area (Å²) in [6.45, 7) is 2.93. The van der Waals surface area contributed by atoms with Crippen molar-refractivity contribution in [3.8, 4) is 11.5 Å². The minimum atomic E-state index is -0.524. The normalized spacial score (nSPS) is 19.1. The van der Waals surface area contributed by atoms with Gasteiger partial charge in [-0.1, -0.05) is 12.1 Å². The van der Waals surface area contributed by atoms with Gasteiger partial charge < -0.3 is 19.9 Å². The quantitative estimate of drug-likeness (QED) is 0.859. The maximum atomic E-state index is 11.9. The number of amides is 1. The van der Waals surface area contributed by atoms with Crippen molar-refractivity contribution in [1.82, 2.24) is 5.32 Å². The van der Waals surface area contributed by atoms with Gasteiger partial charge in [0.15, 0.2) is 17.6 Å². The van der Waals surface area contributed by atoms with E-state index in [0.717, 1.165) is 12.8 Å². The van der Waals surface area contributed by atoms with Gasteiger partial charge in [-0.15, -0.1) is 0 Å². The number of aliphatic hydroxyl groups is 1. The van der Waals surface area contributed by atoms with Gasteiger partial charge in [0, 0.05) is 12.1 Å². The molecule has 1 heterocycles. The summed E-state index contributed by atoms with van der Waals surface area (Å²) in [6.07, 6.45) is 2.06. The Morgan fingerprint density at radius 1 is 1.40 bits per heavy atom. The summed E-state index contributed by atoms with van der Waals surface area (Å²) < 4.78 is 11.4. The van der Waals surface area contributed by atoms with E-state index in [1.807, 2.05) is 6.92 Å². The molecule has 110 valence electrons. The summed E-state index contributed by atoms with van der Waals surface area (Å²) in [4.78, 5) is 11.9. The van der Waals surface area contributed by atoms with Gasteiger partial charge in [-0.05, 0) is 32.3 Å². The lowest BCUT2D eigenvalue weighted by Gasteiger charge is -2.20. The molecule has 0 radical (unpaired) electrons. The van der Waals surface area contributed by atoms with Crippen LogP contribution in [0.15, 0.2) is 18.2 Å². The van der Waals surface area contributed by atoms with Gasteiger partial charge >= 0.3 is 0 Å². The molecule has 1 saturated heterocycles. The van der Waals surface area contributed by atoms with Gasteiger partial charge in [-0.25, -0.2) is 0 Å². The van der Waals surface area contributed by atoms with E-state index >= 15 is 0 Å². The summed E-state index contributed by atoms with van der Waals surface area (Å²) in [6, 6.07) is 5.36. The Morgan fingerprint density at radius 2 is 2.25 bits per heavy atom. The van der Waals surface area contributed by atoms with E-state index in [1.165, 1.54) is 0 Å². The van der Waals surface area contributed by atoms with Crippen LogP contribution in [0.25, 0.3) is 0 Å². The molecule has 1 amide bonds. The van der Waals surface area contributed by atoms with Crippen LogP contribution in [0.5, 0.6) is 11.5 Å². The van der Waals surface area contributed by atoms with Crippen molar-refractivity contribution in [2.24, 2.45) is 0 Å². The Hall–Kier alpha value is -1.75. The third-order valence-corrected chi connectivity index (χ3v) is 3.28. The van der Waals surface area contributed by atoms with E-state index in [9.17, 15) is 9.90 Å². The first-order chi connectivity index (χ1) is 9.76. The Morgan fingerprint density at radius 3 is 3.00 bits per heavy atom. The molecule has 0 aliphatic carbocycles. The average Bonchev–Trinajstić information content (AvgIpc) is 2.66. The highest BCUT2D eigenvalue weighted by atomic mass is 16.5. The number of rotatable bonds is 5. The predicted octanol–water partition coefficient (Wildman–Crippen LogP) is 1.63. The minimum Gasteiger partial charge on any atom is -0.490 e. The van der Waals surface area contributed by atoms with E-state index in [2.05, 4.69) is 5.32 Å². The van der Waals surface area contributed by atoms with Crippen LogP contribution in [-0.4, -0.2) is 30.3 Å². The third-order valence-electron chi connectivity index (χ3n) is 3.28. The molecular weight excluding hydrogens is 258 g/mol. The molecule has 2 N–H and O–H groups in total. The Balaban J connectivity index is 2.23. The molecular formula is C15H21NO4. The largest absolute Gasteiger partial charge is 0.490 e. The molecule has 1 atom stereocenters. The molecule has 20 heavy (non-hydrogen) atoms. The molecule has 1 aliphatic rings. The maximum Gasteiger partial charge on any atom is 0.261 e. The molecule has 0 spiro atoms. The fraction of sp³-hybridized carbons (Fsp3) is 0.533. The molecule has 1 unspecified atom stereocenters. The Bertz CT molecular complexity index is 461. The van der Waals surface area contributed by atoms with Crippen molar-refractivity contribution >= 4 is 5.91 Å². The van der Waals surface area contributed by atoms with Crippen molar-refractivity contribution in [1.29, 1.82) is 0 Å². The lowest BCUT2D eigenvalue weighted by Crippen LogP contribution is -2.36. The zero-order valence-electron chi connectivity index (χ0n) is 11.7. The summed E-state index contributed by atoms with van der Waals surface area (Å²) in [5.74, 6) is 0.938. The van der Waals surface area contributed by atoms with Crippen LogP contribution in [0.4, 0.5) is 0 Å². The fourth-order valence-electron chi connectivity index (χ4n) is 2.25. The minimum absolute atomic E-state index is 0.0994.